The fourth-order valence-corrected chi connectivity index (χ4v) is 3.29. The fraction of sp³-hybridized carbons (Fsp3) is 0.500. The first kappa shape index (κ1) is 16.7. The molecule has 0 amide bonds. The van der Waals surface area contributed by atoms with Gasteiger partial charge in [-0.05, 0) is 32.4 Å². The summed E-state index contributed by atoms with van der Waals surface area (Å²) in [5.74, 6) is 0.847. The number of thiazole rings is 1. The van der Waals surface area contributed by atoms with E-state index in [0.29, 0.717) is 6.54 Å². The SMILES string of the molecule is CCc1nc(C)c(C(C)Nc2ccc(N(C)CCO)cn2)s1. The molecule has 0 aliphatic heterocycles. The summed E-state index contributed by atoms with van der Waals surface area (Å²) in [7, 11) is 1.94. The van der Waals surface area contributed by atoms with E-state index in [4.69, 9.17) is 5.11 Å². The molecule has 0 saturated carbocycles. The standard InChI is InChI=1S/C16H24N4OS/c1-5-15-19-12(3)16(22-15)11(2)18-14-7-6-13(10-17-14)20(4)8-9-21/h6-7,10-11,21H,5,8-9H2,1-4H3,(H,17,18). The van der Waals surface area contributed by atoms with Crippen LogP contribution in [-0.4, -0.2) is 35.3 Å². The van der Waals surface area contributed by atoms with Crippen LogP contribution in [0.3, 0.4) is 0 Å². The maximum absolute atomic E-state index is 8.97. The third-order valence-corrected chi connectivity index (χ3v) is 5.05. The second-order valence-corrected chi connectivity index (χ2v) is 6.44. The Bertz CT molecular complexity index is 597. The number of aliphatic hydroxyl groups is 1. The van der Waals surface area contributed by atoms with Gasteiger partial charge >= 0.3 is 0 Å². The van der Waals surface area contributed by atoms with Gasteiger partial charge in [0.15, 0.2) is 0 Å². The lowest BCUT2D eigenvalue weighted by Crippen LogP contribution is -2.21. The first-order valence-corrected chi connectivity index (χ1v) is 8.37. The number of aromatic nitrogens is 2. The van der Waals surface area contributed by atoms with Crippen LogP contribution in [0.25, 0.3) is 0 Å². The Hall–Kier alpha value is -1.66. The lowest BCUT2D eigenvalue weighted by molar-refractivity contribution is 0.304. The highest BCUT2D eigenvalue weighted by Crippen LogP contribution is 2.28. The first-order chi connectivity index (χ1) is 10.5. The average molecular weight is 320 g/mol. The summed E-state index contributed by atoms with van der Waals surface area (Å²) in [5, 5.41) is 13.6. The average Bonchev–Trinajstić information content (AvgIpc) is 2.89. The molecule has 0 spiro atoms. The Balaban J connectivity index is 2.05. The highest BCUT2D eigenvalue weighted by Gasteiger charge is 2.14. The van der Waals surface area contributed by atoms with Crippen LogP contribution in [0, 0.1) is 6.92 Å². The minimum absolute atomic E-state index is 0.137. The Morgan fingerprint density at radius 3 is 2.73 bits per heavy atom. The van der Waals surface area contributed by atoms with Crippen LogP contribution in [0.1, 0.15) is 35.5 Å². The van der Waals surface area contributed by atoms with Crippen molar-refractivity contribution in [2.45, 2.75) is 33.2 Å². The quantitative estimate of drug-likeness (QED) is 0.821. The molecule has 0 radical (unpaired) electrons. The summed E-state index contributed by atoms with van der Waals surface area (Å²) in [6.45, 7) is 7.06. The number of aryl methyl sites for hydroxylation is 2. The maximum atomic E-state index is 8.97. The van der Waals surface area contributed by atoms with E-state index in [0.717, 1.165) is 23.6 Å². The molecule has 0 fully saturated rings. The van der Waals surface area contributed by atoms with Gasteiger partial charge in [-0.1, -0.05) is 6.92 Å². The Labute approximate surface area is 136 Å². The van der Waals surface area contributed by atoms with Gasteiger partial charge in [-0.25, -0.2) is 9.97 Å². The zero-order chi connectivity index (χ0) is 16.1. The zero-order valence-electron chi connectivity index (χ0n) is 13.6. The third-order valence-electron chi connectivity index (χ3n) is 3.56. The van der Waals surface area contributed by atoms with Crippen LogP contribution in [0.5, 0.6) is 0 Å². The lowest BCUT2D eigenvalue weighted by Gasteiger charge is -2.18. The van der Waals surface area contributed by atoms with Crippen LogP contribution < -0.4 is 10.2 Å². The molecule has 22 heavy (non-hydrogen) atoms. The molecule has 0 bridgehead atoms. The van der Waals surface area contributed by atoms with E-state index in [2.05, 4.69) is 36.1 Å². The smallest absolute Gasteiger partial charge is 0.126 e. The molecule has 2 rings (SSSR count). The Kier molecular flexibility index (Phi) is 5.74. The number of hydrogen-bond donors (Lipinski definition) is 2. The van der Waals surface area contributed by atoms with Gasteiger partial charge in [-0.3, -0.25) is 0 Å². The molecule has 2 heterocycles. The molecule has 2 aromatic rings. The van der Waals surface area contributed by atoms with Crippen molar-refractivity contribution < 1.29 is 5.11 Å². The van der Waals surface area contributed by atoms with E-state index < -0.39 is 0 Å². The molecule has 5 nitrogen and oxygen atoms in total. The maximum Gasteiger partial charge on any atom is 0.126 e. The van der Waals surface area contributed by atoms with E-state index in [9.17, 15) is 0 Å². The van der Waals surface area contributed by atoms with Gasteiger partial charge in [-0.15, -0.1) is 11.3 Å². The second kappa shape index (κ2) is 7.56. The molecular weight excluding hydrogens is 296 g/mol. The molecule has 0 saturated heterocycles. The number of likely N-dealkylation sites (N-methyl/N-ethyl adjacent to an activating group) is 1. The number of aliphatic hydroxyl groups excluding tert-OH is 1. The van der Waals surface area contributed by atoms with Crippen LogP contribution in [0.4, 0.5) is 11.5 Å². The van der Waals surface area contributed by atoms with Crippen molar-refractivity contribution in [3.63, 3.8) is 0 Å². The van der Waals surface area contributed by atoms with Gasteiger partial charge < -0.3 is 15.3 Å². The molecule has 1 unspecified atom stereocenters. The van der Waals surface area contributed by atoms with Gasteiger partial charge in [0.25, 0.3) is 0 Å². The summed E-state index contributed by atoms with van der Waals surface area (Å²) in [4.78, 5) is 12.3. The summed E-state index contributed by atoms with van der Waals surface area (Å²) >= 11 is 1.76. The highest BCUT2D eigenvalue weighted by molar-refractivity contribution is 7.11. The van der Waals surface area contributed by atoms with Crippen LogP contribution in [0.2, 0.25) is 0 Å². The Morgan fingerprint density at radius 2 is 2.18 bits per heavy atom. The van der Waals surface area contributed by atoms with Gasteiger partial charge in [0.1, 0.15) is 5.82 Å². The number of rotatable bonds is 7. The zero-order valence-corrected chi connectivity index (χ0v) is 14.4. The van der Waals surface area contributed by atoms with Crippen molar-refractivity contribution >= 4 is 22.8 Å². The summed E-state index contributed by atoms with van der Waals surface area (Å²) < 4.78 is 0. The third kappa shape index (κ3) is 3.96. The van der Waals surface area contributed by atoms with Crippen molar-refractivity contribution in [3.8, 4) is 0 Å². The minimum atomic E-state index is 0.137. The molecule has 6 heteroatoms. The van der Waals surface area contributed by atoms with Crippen LogP contribution in [0.15, 0.2) is 18.3 Å². The summed E-state index contributed by atoms with van der Waals surface area (Å²) in [5.41, 5.74) is 2.09. The molecule has 120 valence electrons. The van der Waals surface area contributed by atoms with Crippen LogP contribution >= 0.6 is 11.3 Å². The van der Waals surface area contributed by atoms with Gasteiger partial charge in [0, 0.05) is 18.5 Å². The number of nitrogens with zero attached hydrogens (tertiary/aromatic N) is 3. The van der Waals surface area contributed by atoms with E-state index in [-0.39, 0.29) is 12.6 Å². The van der Waals surface area contributed by atoms with Gasteiger partial charge in [0.05, 0.1) is 35.2 Å². The van der Waals surface area contributed by atoms with E-state index in [1.165, 1.54) is 9.88 Å². The molecule has 0 aliphatic carbocycles. The van der Waals surface area contributed by atoms with Crippen molar-refractivity contribution in [1.29, 1.82) is 0 Å². The predicted octanol–water partition coefficient (Wildman–Crippen LogP) is 3.01. The predicted molar refractivity (Wildman–Crippen MR) is 92.9 cm³/mol. The summed E-state index contributed by atoms with van der Waals surface area (Å²) in [6.07, 6.45) is 2.80. The van der Waals surface area contributed by atoms with E-state index in [1.807, 2.05) is 30.3 Å². The number of anilines is 2. The molecule has 2 aromatic heterocycles. The number of hydrogen-bond acceptors (Lipinski definition) is 6. The van der Waals surface area contributed by atoms with Gasteiger partial charge in [-0.2, -0.15) is 0 Å². The van der Waals surface area contributed by atoms with E-state index in [1.54, 1.807) is 11.3 Å². The topological polar surface area (TPSA) is 61.3 Å². The molecule has 1 atom stereocenters. The lowest BCUT2D eigenvalue weighted by atomic mass is 10.2. The number of nitrogens with one attached hydrogen (secondary N) is 1. The monoisotopic (exact) mass is 320 g/mol. The molecule has 2 N–H and O–H groups in total. The molecular formula is C16H24N4OS. The van der Waals surface area contributed by atoms with Gasteiger partial charge in [0.2, 0.25) is 0 Å². The van der Waals surface area contributed by atoms with E-state index >= 15 is 0 Å². The minimum Gasteiger partial charge on any atom is -0.395 e. The largest absolute Gasteiger partial charge is 0.395 e. The Morgan fingerprint density at radius 1 is 1.41 bits per heavy atom. The fourth-order valence-electron chi connectivity index (χ4n) is 2.28. The number of pyridine rings is 1. The van der Waals surface area contributed by atoms with Crippen LogP contribution in [-0.2, 0) is 6.42 Å². The normalized spacial score (nSPS) is 12.2. The second-order valence-electron chi connectivity index (χ2n) is 5.32. The summed E-state index contributed by atoms with van der Waals surface area (Å²) in [6, 6.07) is 4.16. The first-order valence-electron chi connectivity index (χ1n) is 7.56. The van der Waals surface area contributed by atoms with Crippen molar-refractivity contribution in [3.05, 3.63) is 33.9 Å². The van der Waals surface area contributed by atoms with Crippen molar-refractivity contribution in [1.82, 2.24) is 9.97 Å². The molecule has 0 aromatic carbocycles. The van der Waals surface area contributed by atoms with Crippen molar-refractivity contribution in [2.75, 3.05) is 30.4 Å². The highest BCUT2D eigenvalue weighted by atomic mass is 32.1. The van der Waals surface area contributed by atoms with Crippen molar-refractivity contribution in [2.24, 2.45) is 0 Å². The molecule has 0 aliphatic rings.